The van der Waals surface area contributed by atoms with Gasteiger partial charge in [0.15, 0.2) is 0 Å². The first kappa shape index (κ1) is 18.6. The third-order valence-corrected chi connectivity index (χ3v) is 5.65. The van der Waals surface area contributed by atoms with Gasteiger partial charge in [0.1, 0.15) is 0 Å². The SMILES string of the molecule is NC(CC1CCCCC1)C(=O)N1CCN(c2ccc([N+](=O)[O-])cc2)CC1. The Hall–Kier alpha value is -2.15. The van der Waals surface area contributed by atoms with E-state index in [-0.39, 0.29) is 17.6 Å². The summed E-state index contributed by atoms with van der Waals surface area (Å²) in [6.45, 7) is 2.74. The Bertz CT molecular complexity index is 620. The maximum absolute atomic E-state index is 12.6. The van der Waals surface area contributed by atoms with Gasteiger partial charge in [-0.25, -0.2) is 0 Å². The summed E-state index contributed by atoms with van der Waals surface area (Å²) in [6.07, 6.45) is 7.05. The largest absolute Gasteiger partial charge is 0.368 e. The van der Waals surface area contributed by atoms with E-state index < -0.39 is 4.92 Å². The number of carbonyl (C=O) groups is 1. The lowest BCUT2D eigenvalue weighted by Gasteiger charge is -2.37. The number of piperazine rings is 1. The molecule has 1 aromatic rings. The molecule has 7 heteroatoms. The second-order valence-electron chi connectivity index (χ2n) is 7.43. The Kier molecular flexibility index (Phi) is 6.08. The van der Waals surface area contributed by atoms with E-state index in [0.29, 0.717) is 19.0 Å². The molecule has 1 amide bonds. The number of nitro benzene ring substituents is 1. The van der Waals surface area contributed by atoms with Gasteiger partial charge in [-0.2, -0.15) is 0 Å². The summed E-state index contributed by atoms with van der Waals surface area (Å²) in [5.74, 6) is 0.669. The number of nitrogens with two attached hydrogens (primary N) is 1. The van der Waals surface area contributed by atoms with Gasteiger partial charge in [-0.3, -0.25) is 14.9 Å². The third-order valence-electron chi connectivity index (χ3n) is 5.65. The Morgan fingerprint density at radius 2 is 1.73 bits per heavy atom. The smallest absolute Gasteiger partial charge is 0.269 e. The van der Waals surface area contributed by atoms with Gasteiger partial charge in [0.05, 0.1) is 11.0 Å². The van der Waals surface area contributed by atoms with Crippen molar-refractivity contribution in [2.75, 3.05) is 31.1 Å². The second kappa shape index (κ2) is 8.49. The summed E-state index contributed by atoms with van der Waals surface area (Å²) >= 11 is 0. The molecule has 0 radical (unpaired) electrons. The van der Waals surface area contributed by atoms with Crippen molar-refractivity contribution < 1.29 is 9.72 Å². The molecule has 142 valence electrons. The van der Waals surface area contributed by atoms with Crippen LogP contribution in [0, 0.1) is 16.0 Å². The van der Waals surface area contributed by atoms with Crippen LogP contribution < -0.4 is 10.6 Å². The fraction of sp³-hybridized carbons (Fsp3) is 0.632. The topological polar surface area (TPSA) is 92.7 Å². The first-order chi connectivity index (χ1) is 12.5. The van der Waals surface area contributed by atoms with Crippen LogP contribution in [0.3, 0.4) is 0 Å². The van der Waals surface area contributed by atoms with Gasteiger partial charge in [-0.15, -0.1) is 0 Å². The second-order valence-corrected chi connectivity index (χ2v) is 7.43. The van der Waals surface area contributed by atoms with Crippen molar-refractivity contribution in [1.29, 1.82) is 0 Å². The molecule has 1 saturated carbocycles. The molecule has 1 heterocycles. The van der Waals surface area contributed by atoms with Gasteiger partial charge in [-0.1, -0.05) is 32.1 Å². The van der Waals surface area contributed by atoms with Crippen molar-refractivity contribution in [3.05, 3.63) is 34.4 Å². The van der Waals surface area contributed by atoms with Crippen molar-refractivity contribution in [2.45, 2.75) is 44.6 Å². The number of anilines is 1. The van der Waals surface area contributed by atoms with Gasteiger partial charge in [0.25, 0.3) is 5.69 Å². The lowest BCUT2D eigenvalue weighted by molar-refractivity contribution is -0.384. The van der Waals surface area contributed by atoms with E-state index in [1.807, 2.05) is 4.90 Å². The molecule has 1 atom stereocenters. The Morgan fingerprint density at radius 3 is 2.31 bits per heavy atom. The Labute approximate surface area is 154 Å². The van der Waals surface area contributed by atoms with E-state index in [1.54, 1.807) is 12.1 Å². The number of amides is 1. The van der Waals surface area contributed by atoms with Crippen LogP contribution in [0.4, 0.5) is 11.4 Å². The van der Waals surface area contributed by atoms with Gasteiger partial charge in [0.2, 0.25) is 5.91 Å². The standard InChI is InChI=1S/C19H28N4O3/c20-18(14-15-4-2-1-3-5-15)19(24)22-12-10-21(11-13-22)16-6-8-17(9-7-16)23(25)26/h6-9,15,18H,1-5,10-14,20H2. The summed E-state index contributed by atoms with van der Waals surface area (Å²) < 4.78 is 0. The first-order valence-electron chi connectivity index (χ1n) is 9.58. The number of hydrogen-bond donors (Lipinski definition) is 1. The van der Waals surface area contributed by atoms with Gasteiger partial charge in [-0.05, 0) is 24.5 Å². The molecular formula is C19H28N4O3. The quantitative estimate of drug-likeness (QED) is 0.643. The highest BCUT2D eigenvalue weighted by Gasteiger charge is 2.27. The molecule has 0 spiro atoms. The summed E-state index contributed by atoms with van der Waals surface area (Å²) in [4.78, 5) is 27.0. The minimum Gasteiger partial charge on any atom is -0.368 e. The highest BCUT2D eigenvalue weighted by atomic mass is 16.6. The molecule has 2 aliphatic rings. The van der Waals surface area contributed by atoms with E-state index in [2.05, 4.69) is 4.90 Å². The summed E-state index contributed by atoms with van der Waals surface area (Å²) in [7, 11) is 0. The zero-order valence-electron chi connectivity index (χ0n) is 15.2. The molecule has 2 fully saturated rings. The number of nitrogens with zero attached hydrogens (tertiary/aromatic N) is 3. The number of non-ortho nitro benzene ring substituents is 1. The number of rotatable bonds is 5. The maximum atomic E-state index is 12.6. The van der Waals surface area contributed by atoms with Crippen LogP contribution in [0.25, 0.3) is 0 Å². The number of nitro groups is 1. The van der Waals surface area contributed by atoms with Gasteiger partial charge >= 0.3 is 0 Å². The number of carbonyl (C=O) groups excluding carboxylic acids is 1. The van der Waals surface area contributed by atoms with Crippen LogP contribution in [0.5, 0.6) is 0 Å². The lowest BCUT2D eigenvalue weighted by Crippen LogP contribution is -2.53. The molecule has 2 N–H and O–H groups in total. The Morgan fingerprint density at radius 1 is 1.12 bits per heavy atom. The van der Waals surface area contributed by atoms with Crippen LogP contribution >= 0.6 is 0 Å². The van der Waals surface area contributed by atoms with Crippen molar-refractivity contribution in [1.82, 2.24) is 4.90 Å². The van der Waals surface area contributed by atoms with Crippen LogP contribution in [0.15, 0.2) is 24.3 Å². The molecule has 1 saturated heterocycles. The van der Waals surface area contributed by atoms with Crippen molar-refractivity contribution in [3.8, 4) is 0 Å². The van der Waals surface area contributed by atoms with Gasteiger partial charge in [0, 0.05) is 44.0 Å². The van der Waals surface area contributed by atoms with Crippen LogP contribution in [0.1, 0.15) is 38.5 Å². The highest BCUT2D eigenvalue weighted by Crippen LogP contribution is 2.27. The molecule has 3 rings (SSSR count). The summed E-state index contributed by atoms with van der Waals surface area (Å²) in [6, 6.07) is 6.19. The van der Waals surface area contributed by atoms with Crippen LogP contribution in [0.2, 0.25) is 0 Å². The molecule has 1 aliphatic carbocycles. The number of benzene rings is 1. The molecule has 1 aliphatic heterocycles. The average Bonchev–Trinajstić information content (AvgIpc) is 2.68. The summed E-state index contributed by atoms with van der Waals surface area (Å²) in [5.41, 5.74) is 7.25. The zero-order chi connectivity index (χ0) is 18.5. The molecule has 1 unspecified atom stereocenters. The predicted molar refractivity (Wildman–Crippen MR) is 101 cm³/mol. The van der Waals surface area contributed by atoms with E-state index in [1.165, 1.54) is 44.2 Å². The summed E-state index contributed by atoms with van der Waals surface area (Å²) in [5, 5.41) is 10.7. The maximum Gasteiger partial charge on any atom is 0.269 e. The molecule has 26 heavy (non-hydrogen) atoms. The normalized spacial score (nSPS) is 20.0. The number of hydrogen-bond acceptors (Lipinski definition) is 5. The Balaban J connectivity index is 1.49. The highest BCUT2D eigenvalue weighted by molar-refractivity contribution is 5.82. The van der Waals surface area contributed by atoms with Gasteiger partial charge < -0.3 is 15.5 Å². The fourth-order valence-electron chi connectivity index (χ4n) is 4.09. The average molecular weight is 360 g/mol. The van der Waals surface area contributed by atoms with E-state index in [9.17, 15) is 14.9 Å². The lowest BCUT2D eigenvalue weighted by atomic mass is 9.84. The minimum absolute atomic E-state index is 0.0684. The van der Waals surface area contributed by atoms with Crippen molar-refractivity contribution in [2.24, 2.45) is 11.7 Å². The predicted octanol–water partition coefficient (Wildman–Crippen LogP) is 2.54. The zero-order valence-corrected chi connectivity index (χ0v) is 15.2. The van der Waals surface area contributed by atoms with Crippen LogP contribution in [-0.4, -0.2) is 48.0 Å². The van der Waals surface area contributed by atoms with Crippen molar-refractivity contribution >= 4 is 17.3 Å². The van der Waals surface area contributed by atoms with Crippen molar-refractivity contribution in [3.63, 3.8) is 0 Å². The molecular weight excluding hydrogens is 332 g/mol. The van der Waals surface area contributed by atoms with E-state index in [4.69, 9.17) is 5.73 Å². The molecule has 0 aromatic heterocycles. The van der Waals surface area contributed by atoms with Crippen LogP contribution in [-0.2, 0) is 4.79 Å². The minimum atomic E-state index is -0.395. The first-order valence-corrected chi connectivity index (χ1v) is 9.58. The van der Waals surface area contributed by atoms with E-state index in [0.717, 1.165) is 25.2 Å². The third kappa shape index (κ3) is 4.52. The molecule has 0 bridgehead atoms. The monoisotopic (exact) mass is 360 g/mol. The fourth-order valence-corrected chi connectivity index (χ4v) is 4.09. The molecule has 7 nitrogen and oxygen atoms in total. The molecule has 1 aromatic carbocycles. The van der Waals surface area contributed by atoms with E-state index >= 15 is 0 Å².